The molecular weight excluding hydrogens is 343 g/mol. The number of aryl methyl sites for hydroxylation is 1. The van der Waals surface area contributed by atoms with Crippen molar-refractivity contribution in [1.29, 1.82) is 0 Å². The molecule has 0 saturated carbocycles. The van der Waals surface area contributed by atoms with Crippen molar-refractivity contribution in [2.75, 3.05) is 12.4 Å². The lowest BCUT2D eigenvalue weighted by molar-refractivity contribution is -0.138. The minimum absolute atomic E-state index is 0.318. The summed E-state index contributed by atoms with van der Waals surface area (Å²) in [5.41, 5.74) is 1.68. The molecule has 0 radical (unpaired) electrons. The molecule has 1 atom stereocenters. The predicted molar refractivity (Wildman–Crippen MR) is 88.7 cm³/mol. The molecule has 1 unspecified atom stereocenters. The molecular formula is C16H19ClF3N3O. The summed E-state index contributed by atoms with van der Waals surface area (Å²) in [6, 6.07) is 3.11. The number of rotatable bonds is 6. The number of nitrogens with zero attached hydrogens (tertiary/aromatic N) is 2. The minimum Gasteiger partial charge on any atom is -0.496 e. The number of alkyl halides is 3. The van der Waals surface area contributed by atoms with E-state index in [4.69, 9.17) is 16.3 Å². The zero-order chi connectivity index (χ0) is 17.9. The highest BCUT2D eigenvalue weighted by atomic mass is 35.5. The smallest absolute Gasteiger partial charge is 0.408 e. The van der Waals surface area contributed by atoms with E-state index >= 15 is 0 Å². The molecule has 0 fully saturated rings. The highest BCUT2D eigenvalue weighted by Gasteiger charge is 2.36. The highest BCUT2D eigenvalue weighted by Crippen LogP contribution is 2.37. The third kappa shape index (κ3) is 3.95. The third-order valence-electron chi connectivity index (χ3n) is 3.56. The molecule has 1 heterocycles. The van der Waals surface area contributed by atoms with Crippen molar-refractivity contribution < 1.29 is 17.9 Å². The number of ether oxygens (including phenoxy) is 1. The van der Waals surface area contributed by atoms with E-state index in [0.29, 0.717) is 34.3 Å². The normalized spacial score (nSPS) is 13.0. The molecule has 0 bridgehead atoms. The number of aromatic nitrogens is 2. The second-order valence-electron chi connectivity index (χ2n) is 5.39. The molecule has 1 N–H and O–H groups in total. The van der Waals surface area contributed by atoms with Crippen LogP contribution in [0.4, 0.5) is 18.9 Å². The number of methoxy groups -OCH3 is 1. The number of hydrogen-bond donors (Lipinski definition) is 1. The van der Waals surface area contributed by atoms with Crippen LogP contribution in [0.2, 0.25) is 5.02 Å². The van der Waals surface area contributed by atoms with Gasteiger partial charge in [-0.25, -0.2) is 0 Å². The quantitative estimate of drug-likeness (QED) is 0.788. The first-order valence-electron chi connectivity index (χ1n) is 7.50. The Bertz CT molecular complexity index is 700. The monoisotopic (exact) mass is 361 g/mol. The molecule has 0 amide bonds. The van der Waals surface area contributed by atoms with E-state index in [1.54, 1.807) is 23.0 Å². The van der Waals surface area contributed by atoms with Crippen molar-refractivity contribution in [2.45, 2.75) is 39.0 Å². The van der Waals surface area contributed by atoms with E-state index in [9.17, 15) is 13.2 Å². The Balaban J connectivity index is 2.39. The summed E-state index contributed by atoms with van der Waals surface area (Å²) in [4.78, 5) is 0. The lowest BCUT2D eigenvalue weighted by Crippen LogP contribution is -2.33. The predicted octanol–water partition coefficient (Wildman–Crippen LogP) is 4.98. The van der Waals surface area contributed by atoms with E-state index in [2.05, 4.69) is 10.4 Å². The van der Waals surface area contributed by atoms with Gasteiger partial charge in [0.2, 0.25) is 0 Å². The molecule has 0 aliphatic heterocycles. The SMILES string of the molecule is CCCn1ncc(Cl)c1-c1ccc(NC(C)C(F)(F)F)cc1OC. The third-order valence-corrected chi connectivity index (χ3v) is 3.84. The zero-order valence-corrected chi connectivity index (χ0v) is 14.4. The molecule has 2 rings (SSSR count). The van der Waals surface area contributed by atoms with Crippen LogP contribution in [0.1, 0.15) is 20.3 Å². The molecule has 24 heavy (non-hydrogen) atoms. The van der Waals surface area contributed by atoms with E-state index in [-0.39, 0.29) is 0 Å². The minimum atomic E-state index is -4.32. The highest BCUT2D eigenvalue weighted by molar-refractivity contribution is 6.33. The van der Waals surface area contributed by atoms with Crippen LogP contribution in [0.5, 0.6) is 5.75 Å². The summed E-state index contributed by atoms with van der Waals surface area (Å²) in [5, 5.41) is 7.11. The van der Waals surface area contributed by atoms with E-state index in [1.165, 1.54) is 13.2 Å². The Morgan fingerprint density at radius 2 is 2.08 bits per heavy atom. The van der Waals surface area contributed by atoms with Gasteiger partial charge in [0.25, 0.3) is 0 Å². The number of halogens is 4. The molecule has 0 aliphatic carbocycles. The van der Waals surface area contributed by atoms with E-state index in [0.717, 1.165) is 13.3 Å². The topological polar surface area (TPSA) is 39.1 Å². The first kappa shape index (κ1) is 18.4. The standard InChI is InChI=1S/C16H19ClF3N3O/c1-4-7-23-15(13(17)9-21-23)12-6-5-11(8-14(12)24-3)22-10(2)16(18,19)20/h5-6,8-10,22H,4,7H2,1-3H3. The van der Waals surface area contributed by atoms with Crippen LogP contribution in [0.15, 0.2) is 24.4 Å². The largest absolute Gasteiger partial charge is 0.496 e. The molecule has 2 aromatic rings. The lowest BCUT2D eigenvalue weighted by atomic mass is 10.1. The van der Waals surface area contributed by atoms with Gasteiger partial charge >= 0.3 is 6.18 Å². The second-order valence-corrected chi connectivity index (χ2v) is 5.79. The lowest BCUT2D eigenvalue weighted by Gasteiger charge is -2.19. The van der Waals surface area contributed by atoms with Crippen molar-refractivity contribution in [1.82, 2.24) is 9.78 Å². The van der Waals surface area contributed by atoms with Crippen LogP contribution in [0.25, 0.3) is 11.3 Å². The molecule has 0 saturated heterocycles. The average Bonchev–Trinajstić information content (AvgIpc) is 2.87. The van der Waals surface area contributed by atoms with Crippen LogP contribution in [-0.2, 0) is 6.54 Å². The Labute approximate surface area is 143 Å². The fraction of sp³-hybridized carbons (Fsp3) is 0.438. The van der Waals surface area contributed by atoms with Gasteiger partial charge in [-0.05, 0) is 25.5 Å². The van der Waals surface area contributed by atoms with E-state index < -0.39 is 12.2 Å². The van der Waals surface area contributed by atoms with Crippen LogP contribution in [0, 0.1) is 0 Å². The summed E-state index contributed by atoms with van der Waals surface area (Å²) >= 11 is 6.22. The molecule has 132 valence electrons. The maximum absolute atomic E-state index is 12.7. The first-order chi connectivity index (χ1) is 11.3. The number of benzene rings is 1. The van der Waals surface area contributed by atoms with Gasteiger partial charge in [0, 0.05) is 23.9 Å². The molecule has 1 aromatic carbocycles. The van der Waals surface area contributed by atoms with Crippen molar-refractivity contribution in [2.24, 2.45) is 0 Å². The first-order valence-corrected chi connectivity index (χ1v) is 7.88. The van der Waals surface area contributed by atoms with Gasteiger partial charge in [-0.2, -0.15) is 18.3 Å². The maximum atomic E-state index is 12.7. The Morgan fingerprint density at radius 3 is 2.67 bits per heavy atom. The summed E-state index contributed by atoms with van der Waals surface area (Å²) in [6.07, 6.45) is -1.91. The average molecular weight is 362 g/mol. The van der Waals surface area contributed by atoms with E-state index in [1.807, 2.05) is 6.92 Å². The molecule has 4 nitrogen and oxygen atoms in total. The molecule has 1 aromatic heterocycles. The van der Waals surface area contributed by atoms with Gasteiger partial charge in [0.05, 0.1) is 24.0 Å². The summed E-state index contributed by atoms with van der Waals surface area (Å²) < 4.78 is 45.2. The van der Waals surface area contributed by atoms with Gasteiger partial charge in [0.15, 0.2) is 0 Å². The van der Waals surface area contributed by atoms with Crippen LogP contribution < -0.4 is 10.1 Å². The van der Waals surface area contributed by atoms with Crippen molar-refractivity contribution in [3.8, 4) is 17.0 Å². The van der Waals surface area contributed by atoms with Gasteiger partial charge in [0.1, 0.15) is 11.8 Å². The van der Waals surface area contributed by atoms with Gasteiger partial charge in [-0.1, -0.05) is 18.5 Å². The number of hydrogen-bond acceptors (Lipinski definition) is 3. The number of anilines is 1. The van der Waals surface area contributed by atoms with Crippen molar-refractivity contribution >= 4 is 17.3 Å². The van der Waals surface area contributed by atoms with Crippen LogP contribution >= 0.6 is 11.6 Å². The maximum Gasteiger partial charge on any atom is 0.408 e. The van der Waals surface area contributed by atoms with Crippen LogP contribution in [-0.4, -0.2) is 29.1 Å². The van der Waals surface area contributed by atoms with Gasteiger partial charge in [-0.3, -0.25) is 4.68 Å². The Kier molecular flexibility index (Phi) is 5.64. The molecule has 0 aliphatic rings. The van der Waals surface area contributed by atoms with Gasteiger partial charge in [-0.15, -0.1) is 0 Å². The summed E-state index contributed by atoms with van der Waals surface area (Å²) in [6.45, 7) is 3.76. The zero-order valence-electron chi connectivity index (χ0n) is 13.6. The summed E-state index contributed by atoms with van der Waals surface area (Å²) in [5.74, 6) is 0.425. The van der Waals surface area contributed by atoms with Gasteiger partial charge < -0.3 is 10.1 Å². The van der Waals surface area contributed by atoms with Crippen LogP contribution in [0.3, 0.4) is 0 Å². The fourth-order valence-electron chi connectivity index (χ4n) is 2.32. The fourth-order valence-corrected chi connectivity index (χ4v) is 2.56. The number of nitrogens with one attached hydrogen (secondary N) is 1. The summed E-state index contributed by atoms with van der Waals surface area (Å²) in [7, 11) is 1.46. The van der Waals surface area contributed by atoms with Crippen molar-refractivity contribution in [3.63, 3.8) is 0 Å². The molecule has 0 spiro atoms. The second kappa shape index (κ2) is 7.34. The Hall–Kier alpha value is -1.89. The molecule has 8 heteroatoms. The van der Waals surface area contributed by atoms with Crippen molar-refractivity contribution in [3.05, 3.63) is 29.4 Å². The Morgan fingerprint density at radius 1 is 1.38 bits per heavy atom.